The molecule has 0 atom stereocenters. The fourth-order valence-corrected chi connectivity index (χ4v) is 1.74. The Kier molecular flexibility index (Phi) is 3.90. The Bertz CT molecular complexity index is 735. The summed E-state index contributed by atoms with van der Waals surface area (Å²) < 4.78 is 1.28. The van der Waals surface area contributed by atoms with Gasteiger partial charge in [-0.1, -0.05) is 0 Å². The molecule has 1 amide bonds. The number of amides is 1. The van der Waals surface area contributed by atoms with Crippen LogP contribution in [0.2, 0.25) is 0 Å². The van der Waals surface area contributed by atoms with Crippen molar-refractivity contribution >= 4 is 17.4 Å². The van der Waals surface area contributed by atoms with E-state index in [1.165, 1.54) is 46.1 Å². The molecular formula is C14H11N4O3+. The molecular weight excluding hydrogens is 272 g/mol. The second kappa shape index (κ2) is 5.79. The summed E-state index contributed by atoms with van der Waals surface area (Å²) >= 11 is 0. The molecule has 1 heterocycles. The molecule has 0 spiro atoms. The zero-order valence-electron chi connectivity index (χ0n) is 11.1. The molecule has 0 aliphatic carbocycles. The molecule has 21 heavy (non-hydrogen) atoms. The van der Waals surface area contributed by atoms with Gasteiger partial charge in [0.05, 0.1) is 23.7 Å². The van der Waals surface area contributed by atoms with E-state index in [1.807, 2.05) is 6.07 Å². The maximum atomic E-state index is 12.3. The Labute approximate surface area is 120 Å². The van der Waals surface area contributed by atoms with E-state index in [4.69, 9.17) is 5.26 Å². The minimum absolute atomic E-state index is 0.0428. The van der Waals surface area contributed by atoms with E-state index in [-0.39, 0.29) is 11.7 Å². The van der Waals surface area contributed by atoms with Crippen molar-refractivity contribution in [1.82, 2.24) is 0 Å². The second-order valence-electron chi connectivity index (χ2n) is 4.23. The third-order valence-electron chi connectivity index (χ3n) is 2.89. The predicted octanol–water partition coefficient (Wildman–Crippen LogP) is 1.86. The predicted molar refractivity (Wildman–Crippen MR) is 73.6 cm³/mol. The number of nitrogens with zero attached hydrogens (tertiary/aromatic N) is 4. The van der Waals surface area contributed by atoms with Crippen LogP contribution in [-0.2, 0) is 0 Å². The molecule has 0 saturated heterocycles. The fraction of sp³-hybridized carbons (Fsp3) is 0.0714. The van der Waals surface area contributed by atoms with Gasteiger partial charge in [-0.05, 0) is 24.3 Å². The maximum Gasteiger partial charge on any atom is 0.502 e. The average Bonchev–Trinajstić information content (AvgIpc) is 2.53. The van der Waals surface area contributed by atoms with Gasteiger partial charge in [-0.2, -0.15) is 19.5 Å². The summed E-state index contributed by atoms with van der Waals surface area (Å²) in [4.78, 5) is 23.7. The highest BCUT2D eigenvalue weighted by Gasteiger charge is 2.23. The van der Waals surface area contributed by atoms with Gasteiger partial charge in [0.1, 0.15) is 18.0 Å². The highest BCUT2D eigenvalue weighted by atomic mass is 16.6. The van der Waals surface area contributed by atoms with Gasteiger partial charge < -0.3 is 0 Å². The summed E-state index contributed by atoms with van der Waals surface area (Å²) in [6.45, 7) is 0. The Balaban J connectivity index is 2.26. The van der Waals surface area contributed by atoms with Gasteiger partial charge in [-0.25, -0.2) is 0 Å². The molecule has 2 rings (SSSR count). The van der Waals surface area contributed by atoms with Crippen LogP contribution in [-0.4, -0.2) is 18.0 Å². The zero-order chi connectivity index (χ0) is 15.4. The van der Waals surface area contributed by atoms with Crippen LogP contribution in [0, 0.1) is 21.4 Å². The van der Waals surface area contributed by atoms with Gasteiger partial charge in [0.25, 0.3) is 5.69 Å². The third kappa shape index (κ3) is 3.01. The Morgan fingerprint density at radius 2 is 2.00 bits per heavy atom. The van der Waals surface area contributed by atoms with Crippen molar-refractivity contribution in [3.63, 3.8) is 0 Å². The first kappa shape index (κ1) is 14.1. The lowest BCUT2D eigenvalue weighted by atomic mass is 10.2. The summed E-state index contributed by atoms with van der Waals surface area (Å²) in [5.41, 5.74) is 0.835. The van der Waals surface area contributed by atoms with E-state index in [0.29, 0.717) is 11.3 Å². The third-order valence-corrected chi connectivity index (χ3v) is 2.89. The van der Waals surface area contributed by atoms with Crippen molar-refractivity contribution < 1.29 is 14.3 Å². The molecule has 104 valence electrons. The summed E-state index contributed by atoms with van der Waals surface area (Å²) in [6, 6.07) is 10.4. The zero-order valence-corrected chi connectivity index (χ0v) is 11.1. The Morgan fingerprint density at radius 1 is 1.33 bits per heavy atom. The molecule has 2 aromatic rings. The molecule has 1 aromatic heterocycles. The van der Waals surface area contributed by atoms with Crippen LogP contribution in [0.5, 0.6) is 0 Å². The Morgan fingerprint density at radius 3 is 2.57 bits per heavy atom. The van der Waals surface area contributed by atoms with Crippen LogP contribution in [0.3, 0.4) is 0 Å². The summed E-state index contributed by atoms with van der Waals surface area (Å²) in [6.07, 6.45) is 2.95. The van der Waals surface area contributed by atoms with Crippen molar-refractivity contribution in [2.45, 2.75) is 0 Å². The Hall–Kier alpha value is -3.27. The minimum atomic E-state index is -0.503. The molecule has 0 N–H and O–H groups in total. The van der Waals surface area contributed by atoms with Crippen molar-refractivity contribution in [1.29, 1.82) is 5.26 Å². The van der Waals surface area contributed by atoms with Crippen LogP contribution < -0.4 is 9.47 Å². The highest BCUT2D eigenvalue weighted by Crippen LogP contribution is 2.18. The van der Waals surface area contributed by atoms with Gasteiger partial charge in [0, 0.05) is 12.1 Å². The molecule has 0 bridgehead atoms. The molecule has 0 unspecified atom stereocenters. The van der Waals surface area contributed by atoms with Gasteiger partial charge in [-0.15, -0.1) is 0 Å². The van der Waals surface area contributed by atoms with Crippen molar-refractivity contribution in [3.8, 4) is 6.07 Å². The van der Waals surface area contributed by atoms with Gasteiger partial charge in [0.2, 0.25) is 0 Å². The van der Waals surface area contributed by atoms with Crippen LogP contribution >= 0.6 is 0 Å². The standard InChI is InChI=1S/C14H11N4O3/c1-16(12-4-6-13(7-5-12)18(20)21)14(19)17-8-2-3-11(9-15)10-17/h2-8,10H,1H3/q+1. The van der Waals surface area contributed by atoms with E-state index in [9.17, 15) is 14.9 Å². The first-order valence-corrected chi connectivity index (χ1v) is 5.97. The lowest BCUT2D eigenvalue weighted by molar-refractivity contribution is -0.569. The fourth-order valence-electron chi connectivity index (χ4n) is 1.74. The number of carbonyl (C=O) groups excluding carboxylic acids is 1. The van der Waals surface area contributed by atoms with Gasteiger partial charge >= 0.3 is 6.03 Å². The maximum absolute atomic E-state index is 12.3. The number of rotatable bonds is 2. The number of non-ortho nitro benzene ring substituents is 1. The number of benzene rings is 1. The molecule has 0 aliphatic heterocycles. The summed E-state index contributed by atoms with van der Waals surface area (Å²) in [5, 5.41) is 19.4. The molecule has 0 aliphatic rings. The van der Waals surface area contributed by atoms with E-state index >= 15 is 0 Å². The molecule has 0 saturated carbocycles. The smallest absolute Gasteiger partial charge is 0.258 e. The number of anilines is 1. The van der Waals surface area contributed by atoms with Crippen molar-refractivity contribution in [3.05, 3.63) is 64.5 Å². The summed E-state index contributed by atoms with van der Waals surface area (Å²) in [7, 11) is 1.55. The normalized spacial score (nSPS) is 9.71. The number of nitro groups is 1. The molecule has 0 fully saturated rings. The number of carbonyl (C=O) groups is 1. The number of nitriles is 1. The highest BCUT2D eigenvalue weighted by molar-refractivity contribution is 5.85. The number of aromatic nitrogens is 1. The van der Waals surface area contributed by atoms with E-state index in [1.54, 1.807) is 19.2 Å². The van der Waals surface area contributed by atoms with E-state index in [0.717, 1.165) is 0 Å². The van der Waals surface area contributed by atoms with Crippen LogP contribution in [0.4, 0.5) is 16.2 Å². The largest absolute Gasteiger partial charge is 0.502 e. The van der Waals surface area contributed by atoms with E-state index in [2.05, 4.69) is 0 Å². The van der Waals surface area contributed by atoms with Crippen LogP contribution in [0.1, 0.15) is 5.56 Å². The van der Waals surface area contributed by atoms with Gasteiger partial charge in [-0.3, -0.25) is 10.1 Å². The quantitative estimate of drug-likeness (QED) is 0.478. The molecule has 7 heteroatoms. The monoisotopic (exact) mass is 283 g/mol. The minimum Gasteiger partial charge on any atom is -0.258 e. The van der Waals surface area contributed by atoms with Crippen LogP contribution in [0.15, 0.2) is 48.8 Å². The number of nitro benzene ring substituents is 1. The topological polar surface area (TPSA) is 91.1 Å². The number of hydrogen-bond donors (Lipinski definition) is 0. The first-order chi connectivity index (χ1) is 10.0. The molecule has 0 radical (unpaired) electrons. The van der Waals surface area contributed by atoms with Crippen molar-refractivity contribution in [2.75, 3.05) is 11.9 Å². The first-order valence-electron chi connectivity index (χ1n) is 5.97. The average molecular weight is 283 g/mol. The molecule has 1 aromatic carbocycles. The SMILES string of the molecule is CN(C(=O)[n+]1cccc(C#N)c1)c1ccc([N+](=O)[O-])cc1. The van der Waals surface area contributed by atoms with Crippen molar-refractivity contribution in [2.24, 2.45) is 0 Å². The lowest BCUT2D eigenvalue weighted by Crippen LogP contribution is -2.50. The number of hydrogen-bond acceptors (Lipinski definition) is 4. The number of pyridine rings is 1. The van der Waals surface area contributed by atoms with Gasteiger partial charge in [0.15, 0.2) is 0 Å². The second-order valence-corrected chi connectivity index (χ2v) is 4.23. The van der Waals surface area contributed by atoms with E-state index < -0.39 is 4.92 Å². The molecule has 7 nitrogen and oxygen atoms in total. The lowest BCUT2D eigenvalue weighted by Gasteiger charge is -2.09. The summed E-state index contributed by atoms with van der Waals surface area (Å²) in [5.74, 6) is 0. The van der Waals surface area contributed by atoms with Crippen LogP contribution in [0.25, 0.3) is 0 Å².